The van der Waals surface area contributed by atoms with Gasteiger partial charge in [0.25, 0.3) is 5.91 Å². The Bertz CT molecular complexity index is 706. The van der Waals surface area contributed by atoms with Gasteiger partial charge in [-0.15, -0.1) is 5.10 Å². The van der Waals surface area contributed by atoms with Crippen molar-refractivity contribution in [2.75, 3.05) is 36.8 Å². The third-order valence-electron chi connectivity index (χ3n) is 4.37. The molecule has 1 aromatic heterocycles. The molecule has 0 radical (unpaired) electrons. The Labute approximate surface area is 147 Å². The van der Waals surface area contributed by atoms with Crippen LogP contribution in [0.4, 0.5) is 11.9 Å². The minimum Gasteiger partial charge on any atom is -0.481 e. The first-order valence-electron chi connectivity index (χ1n) is 8.54. The Morgan fingerprint density at radius 3 is 2.52 bits per heavy atom. The molecule has 8 heteroatoms. The van der Waals surface area contributed by atoms with E-state index in [1.54, 1.807) is 6.92 Å². The molecule has 1 aromatic carbocycles. The van der Waals surface area contributed by atoms with Crippen LogP contribution in [0.15, 0.2) is 24.3 Å². The highest BCUT2D eigenvalue weighted by Gasteiger charge is 2.27. The Morgan fingerprint density at radius 2 is 1.96 bits per heavy atom. The van der Waals surface area contributed by atoms with E-state index in [1.165, 1.54) is 5.56 Å². The second-order valence-corrected chi connectivity index (χ2v) is 6.09. The van der Waals surface area contributed by atoms with Gasteiger partial charge in [-0.05, 0) is 31.0 Å². The molecule has 3 rings (SSSR count). The Morgan fingerprint density at radius 1 is 1.28 bits per heavy atom. The molecule has 0 saturated carbocycles. The maximum atomic E-state index is 12.6. The van der Waals surface area contributed by atoms with Gasteiger partial charge in [-0.1, -0.05) is 19.1 Å². The van der Waals surface area contributed by atoms with E-state index >= 15 is 0 Å². The molecule has 1 unspecified atom stereocenters. The van der Waals surface area contributed by atoms with E-state index in [9.17, 15) is 4.79 Å². The molecule has 1 atom stereocenters. The number of H-pyrrole nitrogens is 1. The number of benzene rings is 1. The van der Waals surface area contributed by atoms with Gasteiger partial charge in [0, 0.05) is 26.2 Å². The van der Waals surface area contributed by atoms with E-state index in [0.29, 0.717) is 37.9 Å². The van der Waals surface area contributed by atoms with Gasteiger partial charge in [0.15, 0.2) is 6.10 Å². The fourth-order valence-electron chi connectivity index (χ4n) is 2.86. The summed E-state index contributed by atoms with van der Waals surface area (Å²) < 4.78 is 5.79. The summed E-state index contributed by atoms with van der Waals surface area (Å²) in [5, 5.41) is 6.63. The summed E-state index contributed by atoms with van der Waals surface area (Å²) in [4.78, 5) is 20.6. The zero-order valence-corrected chi connectivity index (χ0v) is 14.6. The number of carbonyl (C=O) groups excluding carboxylic acids is 1. The molecule has 1 amide bonds. The van der Waals surface area contributed by atoms with Crippen molar-refractivity contribution < 1.29 is 9.53 Å². The molecular weight excluding hydrogens is 320 g/mol. The lowest BCUT2D eigenvalue weighted by Gasteiger charge is -2.35. The van der Waals surface area contributed by atoms with Crippen LogP contribution in [-0.4, -0.2) is 58.3 Å². The van der Waals surface area contributed by atoms with Gasteiger partial charge >= 0.3 is 0 Å². The number of nitrogen functional groups attached to an aromatic ring is 1. The number of piperazine rings is 1. The first-order valence-corrected chi connectivity index (χ1v) is 8.54. The molecule has 8 nitrogen and oxygen atoms in total. The highest BCUT2D eigenvalue weighted by atomic mass is 16.5. The summed E-state index contributed by atoms with van der Waals surface area (Å²) in [6.07, 6.45) is 0.468. The van der Waals surface area contributed by atoms with Crippen molar-refractivity contribution in [3.63, 3.8) is 0 Å². The number of ether oxygens (including phenoxy) is 1. The van der Waals surface area contributed by atoms with Crippen LogP contribution in [0.3, 0.4) is 0 Å². The van der Waals surface area contributed by atoms with Gasteiger partial charge in [-0.2, -0.15) is 4.98 Å². The average Bonchev–Trinajstić information content (AvgIpc) is 3.08. The van der Waals surface area contributed by atoms with Crippen LogP contribution < -0.4 is 15.4 Å². The number of nitrogens with one attached hydrogen (secondary N) is 1. The number of aryl methyl sites for hydroxylation is 1. The number of hydrogen-bond donors (Lipinski definition) is 2. The van der Waals surface area contributed by atoms with Crippen LogP contribution in [0.1, 0.15) is 19.4 Å². The van der Waals surface area contributed by atoms with Crippen molar-refractivity contribution in [3.8, 4) is 5.75 Å². The fraction of sp³-hybridized carbons (Fsp3) is 0.471. The van der Waals surface area contributed by atoms with Crippen LogP contribution in [-0.2, 0) is 11.2 Å². The standard InChI is InChI=1S/C17H24N6O2/c1-3-13-4-6-14(7-5-13)25-12(2)15(24)22-8-10-23(11-9-22)17-19-16(18)20-21-17/h4-7,12H,3,8-11H2,1-2H3,(H3,18,19,20,21). The van der Waals surface area contributed by atoms with Crippen LogP contribution >= 0.6 is 0 Å². The quantitative estimate of drug-likeness (QED) is 0.841. The lowest BCUT2D eigenvalue weighted by atomic mass is 10.2. The summed E-state index contributed by atoms with van der Waals surface area (Å²) in [6.45, 7) is 6.48. The third-order valence-corrected chi connectivity index (χ3v) is 4.37. The van der Waals surface area contributed by atoms with E-state index in [0.717, 1.165) is 6.42 Å². The van der Waals surface area contributed by atoms with Gasteiger partial charge in [0.05, 0.1) is 0 Å². The number of anilines is 2. The highest BCUT2D eigenvalue weighted by Crippen LogP contribution is 2.16. The SMILES string of the molecule is CCc1ccc(OC(C)C(=O)N2CCN(c3nc(N)n[nH]3)CC2)cc1. The normalized spacial score (nSPS) is 15.9. The van der Waals surface area contributed by atoms with E-state index in [-0.39, 0.29) is 11.9 Å². The van der Waals surface area contributed by atoms with Crippen molar-refractivity contribution >= 4 is 17.8 Å². The average molecular weight is 344 g/mol. The lowest BCUT2D eigenvalue weighted by Crippen LogP contribution is -2.52. The van der Waals surface area contributed by atoms with Gasteiger partial charge in [0.1, 0.15) is 5.75 Å². The second-order valence-electron chi connectivity index (χ2n) is 6.09. The molecule has 0 spiro atoms. The van der Waals surface area contributed by atoms with Crippen LogP contribution in [0.25, 0.3) is 0 Å². The largest absolute Gasteiger partial charge is 0.481 e. The van der Waals surface area contributed by atoms with E-state index in [1.807, 2.05) is 34.1 Å². The monoisotopic (exact) mass is 344 g/mol. The Kier molecular flexibility index (Phi) is 5.06. The highest BCUT2D eigenvalue weighted by molar-refractivity contribution is 5.81. The third kappa shape index (κ3) is 4.01. The molecule has 0 bridgehead atoms. The molecular formula is C17H24N6O2. The van der Waals surface area contributed by atoms with Crippen molar-refractivity contribution in [1.82, 2.24) is 20.1 Å². The number of hydrogen-bond acceptors (Lipinski definition) is 6. The van der Waals surface area contributed by atoms with Crippen LogP contribution in [0.5, 0.6) is 5.75 Å². The molecule has 134 valence electrons. The number of aromatic amines is 1. The number of rotatable bonds is 5. The van der Waals surface area contributed by atoms with Crippen LogP contribution in [0, 0.1) is 0 Å². The van der Waals surface area contributed by atoms with E-state index in [2.05, 4.69) is 22.1 Å². The predicted octanol–water partition coefficient (Wildman–Crippen LogP) is 1.07. The maximum absolute atomic E-state index is 12.6. The number of amides is 1. The van der Waals surface area contributed by atoms with Crippen LogP contribution in [0.2, 0.25) is 0 Å². The molecule has 0 aliphatic carbocycles. The minimum absolute atomic E-state index is 0.00342. The van der Waals surface area contributed by atoms with Crippen molar-refractivity contribution in [1.29, 1.82) is 0 Å². The molecule has 3 N–H and O–H groups in total. The maximum Gasteiger partial charge on any atom is 0.263 e. The lowest BCUT2D eigenvalue weighted by molar-refractivity contribution is -0.138. The predicted molar refractivity (Wildman–Crippen MR) is 95.5 cm³/mol. The molecule has 1 fully saturated rings. The summed E-state index contributed by atoms with van der Waals surface area (Å²) in [5.41, 5.74) is 6.78. The number of aromatic nitrogens is 3. The van der Waals surface area contributed by atoms with Crippen molar-refractivity contribution in [2.24, 2.45) is 0 Å². The molecule has 1 aliphatic rings. The van der Waals surface area contributed by atoms with Gasteiger partial charge in [-0.3, -0.25) is 4.79 Å². The summed E-state index contributed by atoms with van der Waals surface area (Å²) in [7, 11) is 0. The minimum atomic E-state index is -0.514. The fourth-order valence-corrected chi connectivity index (χ4v) is 2.86. The van der Waals surface area contributed by atoms with Gasteiger partial charge < -0.3 is 20.3 Å². The van der Waals surface area contributed by atoms with E-state index in [4.69, 9.17) is 10.5 Å². The summed E-state index contributed by atoms with van der Waals surface area (Å²) in [5.74, 6) is 1.58. The topological polar surface area (TPSA) is 100 Å². The van der Waals surface area contributed by atoms with Crippen molar-refractivity contribution in [3.05, 3.63) is 29.8 Å². The van der Waals surface area contributed by atoms with Crippen molar-refractivity contribution in [2.45, 2.75) is 26.4 Å². The summed E-state index contributed by atoms with van der Waals surface area (Å²) in [6, 6.07) is 7.87. The number of nitrogens with two attached hydrogens (primary N) is 1. The smallest absolute Gasteiger partial charge is 0.263 e. The zero-order valence-electron chi connectivity index (χ0n) is 14.6. The molecule has 2 aromatic rings. The Hall–Kier alpha value is -2.77. The molecule has 1 saturated heterocycles. The number of nitrogens with zero attached hydrogens (tertiary/aromatic N) is 4. The zero-order chi connectivity index (χ0) is 17.8. The molecule has 25 heavy (non-hydrogen) atoms. The second kappa shape index (κ2) is 7.42. The van der Waals surface area contributed by atoms with Gasteiger partial charge in [-0.25, -0.2) is 5.10 Å². The molecule has 2 heterocycles. The van der Waals surface area contributed by atoms with Gasteiger partial charge in [0.2, 0.25) is 11.9 Å². The Balaban J connectivity index is 1.52. The first-order chi connectivity index (χ1) is 12.1. The summed E-state index contributed by atoms with van der Waals surface area (Å²) >= 11 is 0. The number of carbonyl (C=O) groups is 1. The first kappa shape index (κ1) is 17.1. The van der Waals surface area contributed by atoms with E-state index < -0.39 is 6.10 Å². The molecule has 1 aliphatic heterocycles.